The lowest BCUT2D eigenvalue weighted by atomic mass is 10.1. The maximum absolute atomic E-state index is 12.9. The second-order valence-electron chi connectivity index (χ2n) is 6.60. The van der Waals surface area contributed by atoms with Crippen LogP contribution in [0.5, 0.6) is 23.0 Å². The van der Waals surface area contributed by atoms with E-state index in [1.165, 1.54) is 0 Å². The van der Waals surface area contributed by atoms with Gasteiger partial charge < -0.3 is 23.8 Å². The summed E-state index contributed by atoms with van der Waals surface area (Å²) in [5, 5.41) is 0.462. The molecule has 0 radical (unpaired) electrons. The van der Waals surface area contributed by atoms with Crippen molar-refractivity contribution in [3.8, 4) is 23.0 Å². The van der Waals surface area contributed by atoms with Gasteiger partial charge in [0.25, 0.3) is 0 Å². The Balaban J connectivity index is 1.72. The highest BCUT2D eigenvalue weighted by Gasteiger charge is 2.20. The monoisotopic (exact) mass is 419 g/mol. The summed E-state index contributed by atoms with van der Waals surface area (Å²) >= 11 is 6.29. The molecule has 1 aliphatic heterocycles. The number of likely N-dealkylation sites (N-methyl/N-ethyl adjacent to an activating group) is 1. The molecule has 7 heteroatoms. The molecule has 0 aromatic heterocycles. The highest BCUT2D eigenvalue weighted by molar-refractivity contribution is 6.32. The lowest BCUT2D eigenvalue weighted by molar-refractivity contribution is -0.130. The Kier molecular flexibility index (Phi) is 7.09. The van der Waals surface area contributed by atoms with Crippen LogP contribution in [-0.4, -0.2) is 44.3 Å². The Morgan fingerprint density at radius 2 is 1.90 bits per heavy atom. The third kappa shape index (κ3) is 5.07. The van der Waals surface area contributed by atoms with Crippen LogP contribution in [0.15, 0.2) is 30.3 Å². The number of benzene rings is 2. The molecular weight excluding hydrogens is 394 g/mol. The van der Waals surface area contributed by atoms with Crippen LogP contribution in [0, 0.1) is 0 Å². The number of hydrogen-bond acceptors (Lipinski definition) is 5. The summed E-state index contributed by atoms with van der Waals surface area (Å²) in [5.74, 6) is 2.49. The molecule has 0 spiro atoms. The van der Waals surface area contributed by atoms with Crippen molar-refractivity contribution in [2.24, 2.45) is 0 Å². The second-order valence-corrected chi connectivity index (χ2v) is 7.01. The molecule has 6 nitrogen and oxygen atoms in total. The number of carbonyl (C=O) groups is 1. The number of fused-ring (bicyclic) bond motifs is 1. The maximum atomic E-state index is 12.9. The smallest absolute Gasteiger partial charge is 0.227 e. The molecule has 0 unspecified atom stereocenters. The lowest BCUT2D eigenvalue weighted by Crippen LogP contribution is -2.31. The van der Waals surface area contributed by atoms with E-state index in [-0.39, 0.29) is 12.3 Å². The van der Waals surface area contributed by atoms with Crippen molar-refractivity contribution in [2.75, 3.05) is 33.5 Å². The fraction of sp³-hybridized carbons (Fsp3) is 0.409. The SMILES string of the molecule is CCOc1ccc(CN(CC)C(=O)Cc2cc(Cl)c3c(c2)OCCO3)cc1OC. The van der Waals surface area contributed by atoms with Crippen LogP contribution in [0.4, 0.5) is 0 Å². The van der Waals surface area contributed by atoms with Gasteiger partial charge in [0.15, 0.2) is 23.0 Å². The van der Waals surface area contributed by atoms with Crippen molar-refractivity contribution in [2.45, 2.75) is 26.8 Å². The molecule has 3 rings (SSSR count). The summed E-state index contributed by atoms with van der Waals surface area (Å²) in [6.07, 6.45) is 0.234. The Labute approximate surface area is 176 Å². The van der Waals surface area contributed by atoms with E-state index in [1.807, 2.05) is 38.1 Å². The molecule has 0 saturated heterocycles. The van der Waals surface area contributed by atoms with Crippen LogP contribution >= 0.6 is 11.6 Å². The van der Waals surface area contributed by atoms with Gasteiger partial charge in [-0.15, -0.1) is 0 Å². The van der Waals surface area contributed by atoms with Crippen LogP contribution in [0.2, 0.25) is 5.02 Å². The van der Waals surface area contributed by atoms with Gasteiger partial charge in [-0.05, 0) is 49.2 Å². The quantitative estimate of drug-likeness (QED) is 0.644. The summed E-state index contributed by atoms with van der Waals surface area (Å²) in [6, 6.07) is 9.32. The van der Waals surface area contributed by atoms with Gasteiger partial charge in [0, 0.05) is 13.1 Å². The van der Waals surface area contributed by atoms with Crippen LogP contribution in [0.1, 0.15) is 25.0 Å². The van der Waals surface area contributed by atoms with Crippen LogP contribution < -0.4 is 18.9 Å². The zero-order valence-electron chi connectivity index (χ0n) is 17.0. The van der Waals surface area contributed by atoms with Crippen molar-refractivity contribution in [1.29, 1.82) is 0 Å². The van der Waals surface area contributed by atoms with Crippen molar-refractivity contribution >= 4 is 17.5 Å². The minimum Gasteiger partial charge on any atom is -0.493 e. The summed E-state index contributed by atoms with van der Waals surface area (Å²) in [6.45, 7) is 6.47. The Hall–Kier alpha value is -2.60. The number of nitrogens with zero attached hydrogens (tertiary/aromatic N) is 1. The predicted octanol–water partition coefficient (Wildman–Crippen LogP) is 4.11. The zero-order chi connectivity index (χ0) is 20.8. The van der Waals surface area contributed by atoms with E-state index in [4.69, 9.17) is 30.5 Å². The topological polar surface area (TPSA) is 57.2 Å². The van der Waals surface area contributed by atoms with Crippen LogP contribution in [0.25, 0.3) is 0 Å². The Morgan fingerprint density at radius 3 is 2.62 bits per heavy atom. The van der Waals surface area contributed by atoms with Gasteiger partial charge in [0.1, 0.15) is 13.2 Å². The highest BCUT2D eigenvalue weighted by Crippen LogP contribution is 2.38. The Bertz CT molecular complexity index is 871. The van der Waals surface area contributed by atoms with Crippen molar-refractivity contribution in [3.63, 3.8) is 0 Å². The lowest BCUT2D eigenvalue weighted by Gasteiger charge is -2.23. The van der Waals surface area contributed by atoms with E-state index in [0.29, 0.717) is 60.9 Å². The first-order chi connectivity index (χ1) is 14.0. The van der Waals surface area contributed by atoms with E-state index < -0.39 is 0 Å². The zero-order valence-corrected chi connectivity index (χ0v) is 17.8. The molecule has 2 aromatic rings. The summed E-state index contributed by atoms with van der Waals surface area (Å²) in [5.41, 5.74) is 1.77. The minimum absolute atomic E-state index is 0.00750. The molecule has 0 saturated carbocycles. The Morgan fingerprint density at radius 1 is 1.10 bits per heavy atom. The summed E-state index contributed by atoms with van der Waals surface area (Å²) in [4.78, 5) is 14.7. The van der Waals surface area contributed by atoms with E-state index in [9.17, 15) is 4.79 Å². The van der Waals surface area contributed by atoms with E-state index in [0.717, 1.165) is 11.1 Å². The van der Waals surface area contributed by atoms with E-state index in [1.54, 1.807) is 18.1 Å². The molecule has 29 heavy (non-hydrogen) atoms. The van der Waals surface area contributed by atoms with Crippen LogP contribution in [0.3, 0.4) is 0 Å². The first-order valence-electron chi connectivity index (χ1n) is 9.71. The molecule has 1 heterocycles. The maximum Gasteiger partial charge on any atom is 0.227 e. The fourth-order valence-corrected chi connectivity index (χ4v) is 3.52. The standard InChI is InChI=1S/C22H26ClNO5/c1-4-24(14-15-6-7-18(27-5-2)19(11-15)26-3)21(25)13-16-10-17(23)22-20(12-16)28-8-9-29-22/h6-7,10-12H,4-5,8-9,13-14H2,1-3H3. The molecule has 0 atom stereocenters. The molecular formula is C22H26ClNO5. The van der Waals surface area contributed by atoms with E-state index in [2.05, 4.69) is 0 Å². The van der Waals surface area contributed by atoms with Gasteiger partial charge in [0.05, 0.1) is 25.2 Å². The molecule has 156 valence electrons. The number of methoxy groups -OCH3 is 1. The molecule has 0 aliphatic carbocycles. The number of hydrogen-bond donors (Lipinski definition) is 0. The molecule has 0 N–H and O–H groups in total. The van der Waals surface area contributed by atoms with Gasteiger partial charge in [0.2, 0.25) is 5.91 Å². The van der Waals surface area contributed by atoms with Gasteiger partial charge in [-0.25, -0.2) is 0 Å². The molecule has 2 aromatic carbocycles. The van der Waals surface area contributed by atoms with Gasteiger partial charge >= 0.3 is 0 Å². The van der Waals surface area contributed by atoms with Gasteiger partial charge in [-0.3, -0.25) is 4.79 Å². The largest absolute Gasteiger partial charge is 0.493 e. The summed E-state index contributed by atoms with van der Waals surface area (Å²) < 4.78 is 22.1. The van der Waals surface area contributed by atoms with Crippen molar-refractivity contribution < 1.29 is 23.7 Å². The van der Waals surface area contributed by atoms with Crippen molar-refractivity contribution in [3.05, 3.63) is 46.5 Å². The third-order valence-corrected chi connectivity index (χ3v) is 4.93. The second kappa shape index (κ2) is 9.74. The predicted molar refractivity (Wildman–Crippen MR) is 111 cm³/mol. The van der Waals surface area contributed by atoms with Crippen molar-refractivity contribution in [1.82, 2.24) is 4.90 Å². The molecule has 1 aliphatic rings. The summed E-state index contributed by atoms with van der Waals surface area (Å²) in [7, 11) is 1.61. The minimum atomic E-state index is 0.00750. The number of rotatable bonds is 8. The molecule has 1 amide bonds. The number of ether oxygens (including phenoxy) is 4. The van der Waals surface area contributed by atoms with Crippen LogP contribution in [-0.2, 0) is 17.8 Å². The third-order valence-electron chi connectivity index (χ3n) is 4.65. The fourth-order valence-electron chi connectivity index (χ4n) is 3.23. The highest BCUT2D eigenvalue weighted by atomic mass is 35.5. The number of carbonyl (C=O) groups excluding carboxylic acids is 1. The first-order valence-corrected chi connectivity index (χ1v) is 10.1. The average molecular weight is 420 g/mol. The van der Waals surface area contributed by atoms with Gasteiger partial charge in [-0.1, -0.05) is 17.7 Å². The molecule has 0 fully saturated rings. The average Bonchev–Trinajstić information content (AvgIpc) is 2.73. The van der Waals surface area contributed by atoms with Gasteiger partial charge in [-0.2, -0.15) is 0 Å². The van der Waals surface area contributed by atoms with E-state index >= 15 is 0 Å². The number of halogens is 1. The molecule has 0 bridgehead atoms. The normalized spacial score (nSPS) is 12.4. The first kappa shape index (κ1) is 21.1. The number of amides is 1.